The number of likely N-dealkylation sites (tertiary alicyclic amines) is 1. The van der Waals surface area contributed by atoms with E-state index in [0.29, 0.717) is 62.4 Å². The first-order chi connectivity index (χ1) is 19.4. The van der Waals surface area contributed by atoms with Gasteiger partial charge in [-0.2, -0.15) is 0 Å². The molecule has 3 aliphatic rings. The SMILES string of the molecule is COc1cc(NC(=O)O[C@@H]2CC[C@]3(C)C(CC[C@@H](O)[C@H]3CC(=O)N3CC[C@H](NC(C)=O)C3)[C@]2(C)CO)cc(OC)c1. The Hall–Kier alpha value is -3.05. The maximum atomic E-state index is 13.4. The number of ether oxygens (including phenoxy) is 3. The molecule has 11 heteroatoms. The molecule has 0 spiro atoms. The van der Waals surface area contributed by atoms with Crippen LogP contribution in [0.25, 0.3) is 0 Å². The summed E-state index contributed by atoms with van der Waals surface area (Å²) in [7, 11) is 3.05. The molecule has 4 N–H and O–H groups in total. The molecule has 1 aromatic rings. The summed E-state index contributed by atoms with van der Waals surface area (Å²) in [5.41, 5.74) is -0.736. The standard InChI is InChI=1S/C30H45N3O8/c1-18(35)31-19-9-11-33(16-19)27(37)15-23-24(36)6-7-25-29(23,2)10-8-26(30(25,3)17-34)41-28(38)32-20-12-21(39-4)14-22(13-20)40-5/h12-14,19,23-26,34,36H,6-11,15-17H2,1-5H3,(H,31,35)(H,32,38)/t19-,23+,24+,25?,26+,29-,30-/m0/s1. The molecule has 3 fully saturated rings. The number of hydrogen-bond acceptors (Lipinski definition) is 8. The van der Waals surface area contributed by atoms with Crippen LogP contribution in [-0.4, -0.2) is 85.2 Å². The van der Waals surface area contributed by atoms with Gasteiger partial charge in [-0.3, -0.25) is 14.9 Å². The van der Waals surface area contributed by atoms with Gasteiger partial charge in [-0.15, -0.1) is 0 Å². The summed E-state index contributed by atoms with van der Waals surface area (Å²) in [6.45, 7) is 6.37. The van der Waals surface area contributed by atoms with Crippen molar-refractivity contribution in [2.24, 2.45) is 22.7 Å². The van der Waals surface area contributed by atoms with Crippen LogP contribution in [0.5, 0.6) is 11.5 Å². The highest BCUT2D eigenvalue weighted by molar-refractivity contribution is 5.85. The number of nitrogens with zero attached hydrogens (tertiary/aromatic N) is 1. The van der Waals surface area contributed by atoms with E-state index in [1.807, 2.05) is 6.92 Å². The minimum Gasteiger partial charge on any atom is -0.497 e. The number of carbonyl (C=O) groups excluding carboxylic acids is 3. The number of benzene rings is 1. The number of carbonyl (C=O) groups is 3. The van der Waals surface area contributed by atoms with Gasteiger partial charge >= 0.3 is 6.09 Å². The van der Waals surface area contributed by atoms with Gasteiger partial charge in [-0.25, -0.2) is 4.79 Å². The number of rotatable bonds is 8. The maximum absolute atomic E-state index is 13.4. The third-order valence-corrected chi connectivity index (χ3v) is 9.87. The Balaban J connectivity index is 1.46. The summed E-state index contributed by atoms with van der Waals surface area (Å²) in [5.74, 6) is 0.541. The highest BCUT2D eigenvalue weighted by Gasteiger charge is 2.60. The van der Waals surface area contributed by atoms with Crippen LogP contribution < -0.4 is 20.1 Å². The van der Waals surface area contributed by atoms with E-state index in [2.05, 4.69) is 17.6 Å². The molecule has 1 heterocycles. The molecule has 0 aromatic heterocycles. The fraction of sp³-hybridized carbons (Fsp3) is 0.700. The fourth-order valence-corrected chi connectivity index (χ4v) is 7.65. The summed E-state index contributed by atoms with van der Waals surface area (Å²) in [4.78, 5) is 39.6. The molecule has 41 heavy (non-hydrogen) atoms. The number of fused-ring (bicyclic) bond motifs is 1. The van der Waals surface area contributed by atoms with Gasteiger partial charge < -0.3 is 34.6 Å². The Kier molecular flexibility index (Phi) is 9.38. The van der Waals surface area contributed by atoms with Crippen LogP contribution in [0.2, 0.25) is 0 Å². The Morgan fingerprint density at radius 3 is 2.34 bits per heavy atom. The smallest absolute Gasteiger partial charge is 0.411 e. The van der Waals surface area contributed by atoms with Crippen LogP contribution in [0.3, 0.4) is 0 Å². The van der Waals surface area contributed by atoms with Crippen molar-refractivity contribution in [2.45, 2.75) is 77.5 Å². The van der Waals surface area contributed by atoms with E-state index >= 15 is 0 Å². The lowest BCUT2D eigenvalue weighted by molar-refractivity contribution is -0.186. The van der Waals surface area contributed by atoms with Crippen molar-refractivity contribution in [3.63, 3.8) is 0 Å². The summed E-state index contributed by atoms with van der Waals surface area (Å²) in [6, 6.07) is 4.97. The first kappa shape index (κ1) is 30.9. The largest absolute Gasteiger partial charge is 0.497 e. The van der Waals surface area contributed by atoms with Crippen LogP contribution in [0.15, 0.2) is 18.2 Å². The van der Waals surface area contributed by atoms with Gasteiger partial charge in [-0.1, -0.05) is 13.8 Å². The average Bonchev–Trinajstić information content (AvgIpc) is 3.40. The predicted molar refractivity (Wildman–Crippen MR) is 152 cm³/mol. The van der Waals surface area contributed by atoms with Crippen molar-refractivity contribution in [2.75, 3.05) is 39.2 Å². The van der Waals surface area contributed by atoms with E-state index in [0.717, 1.165) is 0 Å². The number of aliphatic hydroxyl groups is 2. The first-order valence-corrected chi connectivity index (χ1v) is 14.5. The molecule has 0 radical (unpaired) electrons. The van der Waals surface area contributed by atoms with Crippen molar-refractivity contribution in [3.8, 4) is 11.5 Å². The zero-order chi connectivity index (χ0) is 29.9. The van der Waals surface area contributed by atoms with E-state index < -0.39 is 29.1 Å². The first-order valence-electron chi connectivity index (χ1n) is 14.5. The Morgan fingerprint density at radius 1 is 1.05 bits per heavy atom. The molecule has 2 aliphatic carbocycles. The molecule has 1 saturated heterocycles. The van der Waals surface area contributed by atoms with Crippen LogP contribution in [0, 0.1) is 22.7 Å². The second-order valence-electron chi connectivity index (χ2n) is 12.4. The molecule has 228 valence electrons. The van der Waals surface area contributed by atoms with E-state index in [4.69, 9.17) is 14.2 Å². The number of nitrogens with one attached hydrogen (secondary N) is 2. The lowest BCUT2D eigenvalue weighted by atomic mass is 9.46. The van der Waals surface area contributed by atoms with E-state index in [1.165, 1.54) is 21.1 Å². The number of amides is 3. The third kappa shape index (κ3) is 6.40. The minimum absolute atomic E-state index is 0.0269. The van der Waals surface area contributed by atoms with Crippen LogP contribution >= 0.6 is 0 Å². The van der Waals surface area contributed by atoms with Crippen molar-refractivity contribution in [1.82, 2.24) is 10.2 Å². The fourth-order valence-electron chi connectivity index (χ4n) is 7.65. The number of hydrogen-bond donors (Lipinski definition) is 4. The monoisotopic (exact) mass is 575 g/mol. The minimum atomic E-state index is -0.762. The average molecular weight is 576 g/mol. The van der Waals surface area contributed by atoms with Gasteiger partial charge in [0.2, 0.25) is 11.8 Å². The summed E-state index contributed by atoms with van der Waals surface area (Å²) < 4.78 is 16.5. The molecule has 3 amide bonds. The molecule has 4 rings (SSSR count). The Labute approximate surface area is 241 Å². The molecule has 1 aliphatic heterocycles. The topological polar surface area (TPSA) is 147 Å². The van der Waals surface area contributed by atoms with Gasteiger partial charge in [0.25, 0.3) is 0 Å². The van der Waals surface area contributed by atoms with Gasteiger partial charge in [0.1, 0.15) is 17.6 Å². The summed E-state index contributed by atoms with van der Waals surface area (Å²) >= 11 is 0. The Bertz CT molecular complexity index is 1110. The number of methoxy groups -OCH3 is 2. The molecular weight excluding hydrogens is 530 g/mol. The number of anilines is 1. The van der Waals surface area contributed by atoms with Gasteiger partial charge in [0.15, 0.2) is 0 Å². The van der Waals surface area contributed by atoms with Crippen molar-refractivity contribution < 1.29 is 38.8 Å². The zero-order valence-corrected chi connectivity index (χ0v) is 24.8. The molecule has 1 aromatic carbocycles. The number of aliphatic hydroxyl groups excluding tert-OH is 2. The summed E-state index contributed by atoms with van der Waals surface area (Å²) in [6.07, 6.45) is 1.37. The van der Waals surface area contributed by atoms with Crippen LogP contribution in [-0.2, 0) is 14.3 Å². The third-order valence-electron chi connectivity index (χ3n) is 9.87. The van der Waals surface area contributed by atoms with Crippen molar-refractivity contribution >= 4 is 23.6 Å². The molecule has 0 bridgehead atoms. The van der Waals surface area contributed by atoms with Crippen LogP contribution in [0.4, 0.5) is 10.5 Å². The molecule has 7 atom stereocenters. The van der Waals surface area contributed by atoms with Gasteiger partial charge in [0.05, 0.1) is 32.6 Å². The van der Waals surface area contributed by atoms with E-state index in [-0.39, 0.29) is 42.7 Å². The molecule has 1 unspecified atom stereocenters. The second-order valence-corrected chi connectivity index (χ2v) is 12.4. The quantitative estimate of drug-likeness (QED) is 0.370. The lowest BCUT2D eigenvalue weighted by Gasteiger charge is -2.60. The normalized spacial score (nSPS) is 33.0. The van der Waals surface area contributed by atoms with E-state index in [1.54, 1.807) is 23.1 Å². The van der Waals surface area contributed by atoms with Crippen molar-refractivity contribution in [3.05, 3.63) is 18.2 Å². The van der Waals surface area contributed by atoms with Crippen LogP contribution in [0.1, 0.15) is 59.3 Å². The summed E-state index contributed by atoms with van der Waals surface area (Å²) in [5, 5.41) is 27.5. The lowest BCUT2D eigenvalue weighted by Crippen LogP contribution is -2.61. The van der Waals surface area contributed by atoms with Gasteiger partial charge in [-0.05, 0) is 49.4 Å². The van der Waals surface area contributed by atoms with Crippen molar-refractivity contribution in [1.29, 1.82) is 0 Å². The molecule has 11 nitrogen and oxygen atoms in total. The van der Waals surface area contributed by atoms with Gasteiger partial charge in [0, 0.05) is 56.1 Å². The zero-order valence-electron chi connectivity index (χ0n) is 24.8. The molecule has 2 saturated carbocycles. The highest BCUT2D eigenvalue weighted by Crippen LogP contribution is 2.61. The predicted octanol–water partition coefficient (Wildman–Crippen LogP) is 2.93. The molecular formula is C30H45N3O8. The second kappa shape index (κ2) is 12.4. The maximum Gasteiger partial charge on any atom is 0.411 e. The highest BCUT2D eigenvalue weighted by atomic mass is 16.6. The Morgan fingerprint density at radius 2 is 1.73 bits per heavy atom. The van der Waals surface area contributed by atoms with E-state index in [9.17, 15) is 24.6 Å².